The average Bonchev–Trinajstić information content (AvgIpc) is 2.58. The van der Waals surface area contributed by atoms with Crippen LogP contribution in [0.4, 0.5) is 0 Å². The number of hydrogen-bond donors (Lipinski definition) is 2. The van der Waals surface area contributed by atoms with Crippen molar-refractivity contribution in [2.45, 2.75) is 13.8 Å². The normalized spacial score (nSPS) is 10.5. The molecule has 0 aliphatic carbocycles. The molecule has 1 heterocycles. The van der Waals surface area contributed by atoms with Crippen LogP contribution in [0.5, 0.6) is 5.75 Å². The Kier molecular flexibility index (Phi) is 2.59. The van der Waals surface area contributed by atoms with Gasteiger partial charge in [0.25, 0.3) is 0 Å². The number of carboxylic acid groups (broad SMARTS) is 1. The van der Waals surface area contributed by atoms with Gasteiger partial charge in [0.05, 0.1) is 0 Å². The largest absolute Gasteiger partial charge is 0.507 e. The van der Waals surface area contributed by atoms with Gasteiger partial charge >= 0.3 is 5.97 Å². The molecule has 0 aliphatic heterocycles. The lowest BCUT2D eigenvalue weighted by Crippen LogP contribution is -1.97. The molecule has 0 aliphatic rings. The highest BCUT2D eigenvalue weighted by Crippen LogP contribution is 2.27. The first-order valence-electron chi connectivity index (χ1n) is 4.99. The van der Waals surface area contributed by atoms with E-state index < -0.39 is 5.97 Å². The number of aryl methyl sites for hydroxylation is 2. The summed E-state index contributed by atoms with van der Waals surface area (Å²) in [4.78, 5) is 15.1. The SMILES string of the molecule is Cc1nc(-c2ccc(O)c(C(=O)O)c2)c(C)o1. The molecule has 0 amide bonds. The standard InChI is InChI=1S/C12H11NO4/c1-6-11(13-7(2)17-6)8-3-4-10(14)9(5-8)12(15)16/h3-5,14H,1-2H3,(H,15,16). The maximum atomic E-state index is 10.9. The van der Waals surface area contributed by atoms with Crippen molar-refractivity contribution in [3.63, 3.8) is 0 Å². The Labute approximate surface area is 97.3 Å². The number of carbonyl (C=O) groups is 1. The second-order valence-corrected chi connectivity index (χ2v) is 3.67. The quantitative estimate of drug-likeness (QED) is 0.831. The van der Waals surface area contributed by atoms with Crippen LogP contribution in [0.3, 0.4) is 0 Å². The van der Waals surface area contributed by atoms with E-state index in [1.807, 2.05) is 0 Å². The second kappa shape index (κ2) is 3.93. The van der Waals surface area contributed by atoms with Gasteiger partial charge in [-0.3, -0.25) is 0 Å². The van der Waals surface area contributed by atoms with E-state index >= 15 is 0 Å². The van der Waals surface area contributed by atoms with Crippen LogP contribution in [-0.2, 0) is 0 Å². The number of hydrogen-bond acceptors (Lipinski definition) is 4. The molecular weight excluding hydrogens is 222 g/mol. The molecule has 1 aromatic carbocycles. The molecular formula is C12H11NO4. The molecule has 88 valence electrons. The van der Waals surface area contributed by atoms with Crippen molar-refractivity contribution >= 4 is 5.97 Å². The van der Waals surface area contributed by atoms with Gasteiger partial charge in [-0.2, -0.15) is 0 Å². The van der Waals surface area contributed by atoms with E-state index in [0.29, 0.717) is 22.9 Å². The van der Waals surface area contributed by atoms with Crippen molar-refractivity contribution < 1.29 is 19.4 Å². The van der Waals surface area contributed by atoms with E-state index in [0.717, 1.165) is 0 Å². The number of nitrogens with zero attached hydrogens (tertiary/aromatic N) is 1. The molecule has 5 nitrogen and oxygen atoms in total. The number of benzene rings is 1. The fourth-order valence-corrected chi connectivity index (χ4v) is 1.65. The Bertz CT molecular complexity index is 586. The van der Waals surface area contributed by atoms with Crippen LogP contribution in [0.25, 0.3) is 11.3 Å². The number of aromatic nitrogens is 1. The predicted octanol–water partition coefficient (Wildman–Crippen LogP) is 2.36. The van der Waals surface area contributed by atoms with Crippen LogP contribution >= 0.6 is 0 Å². The van der Waals surface area contributed by atoms with Crippen molar-refractivity contribution in [3.8, 4) is 17.0 Å². The lowest BCUT2D eigenvalue weighted by Gasteiger charge is -2.02. The first-order valence-corrected chi connectivity index (χ1v) is 4.99. The number of aromatic hydroxyl groups is 1. The van der Waals surface area contributed by atoms with Crippen LogP contribution in [0, 0.1) is 13.8 Å². The second-order valence-electron chi connectivity index (χ2n) is 3.67. The van der Waals surface area contributed by atoms with Gasteiger partial charge in [-0.15, -0.1) is 0 Å². The van der Waals surface area contributed by atoms with E-state index in [-0.39, 0.29) is 11.3 Å². The molecule has 0 bridgehead atoms. The van der Waals surface area contributed by atoms with E-state index in [2.05, 4.69) is 4.98 Å². The molecule has 0 saturated heterocycles. The molecule has 1 aromatic heterocycles. The summed E-state index contributed by atoms with van der Waals surface area (Å²) in [7, 11) is 0. The van der Waals surface area contributed by atoms with Crippen LogP contribution < -0.4 is 0 Å². The Hall–Kier alpha value is -2.30. The lowest BCUT2D eigenvalue weighted by molar-refractivity contribution is 0.0694. The molecule has 0 spiro atoms. The van der Waals surface area contributed by atoms with Crippen molar-refractivity contribution in [1.82, 2.24) is 4.98 Å². The molecule has 0 radical (unpaired) electrons. The van der Waals surface area contributed by atoms with Crippen LogP contribution in [0.15, 0.2) is 22.6 Å². The van der Waals surface area contributed by atoms with Gasteiger partial charge in [0, 0.05) is 12.5 Å². The topological polar surface area (TPSA) is 83.6 Å². The summed E-state index contributed by atoms with van der Waals surface area (Å²) in [6.07, 6.45) is 0. The average molecular weight is 233 g/mol. The van der Waals surface area contributed by atoms with Crippen molar-refractivity contribution in [2.75, 3.05) is 0 Å². The summed E-state index contributed by atoms with van der Waals surface area (Å²) in [6, 6.07) is 4.32. The summed E-state index contributed by atoms with van der Waals surface area (Å²) in [5.41, 5.74) is 1.04. The monoisotopic (exact) mass is 233 g/mol. The molecule has 17 heavy (non-hydrogen) atoms. The number of phenols is 1. The number of aromatic carboxylic acids is 1. The third-order valence-electron chi connectivity index (χ3n) is 2.40. The molecule has 0 atom stereocenters. The summed E-state index contributed by atoms with van der Waals surface area (Å²) < 4.78 is 5.28. The first-order chi connectivity index (χ1) is 7.99. The van der Waals surface area contributed by atoms with Gasteiger partial charge < -0.3 is 14.6 Å². The predicted molar refractivity (Wildman–Crippen MR) is 60.0 cm³/mol. The molecule has 0 unspecified atom stereocenters. The summed E-state index contributed by atoms with van der Waals surface area (Å²) in [5.74, 6) is -0.312. The Balaban J connectivity index is 2.57. The minimum atomic E-state index is -1.18. The van der Waals surface area contributed by atoms with Gasteiger partial charge in [0.2, 0.25) is 0 Å². The Morgan fingerprint density at radius 1 is 1.35 bits per heavy atom. The Morgan fingerprint density at radius 2 is 2.06 bits per heavy atom. The third kappa shape index (κ3) is 1.99. The maximum absolute atomic E-state index is 10.9. The van der Waals surface area contributed by atoms with Gasteiger partial charge in [-0.25, -0.2) is 9.78 Å². The summed E-state index contributed by atoms with van der Waals surface area (Å²) in [5, 5.41) is 18.3. The molecule has 5 heteroatoms. The van der Waals surface area contributed by atoms with Gasteiger partial charge in [0.15, 0.2) is 5.89 Å². The lowest BCUT2D eigenvalue weighted by atomic mass is 10.1. The van der Waals surface area contributed by atoms with Crippen LogP contribution in [0.1, 0.15) is 22.0 Å². The fourth-order valence-electron chi connectivity index (χ4n) is 1.65. The van der Waals surface area contributed by atoms with Crippen molar-refractivity contribution in [1.29, 1.82) is 0 Å². The molecule has 0 saturated carbocycles. The van der Waals surface area contributed by atoms with Crippen molar-refractivity contribution in [3.05, 3.63) is 35.4 Å². The minimum Gasteiger partial charge on any atom is -0.507 e. The van der Waals surface area contributed by atoms with Crippen LogP contribution in [0.2, 0.25) is 0 Å². The van der Waals surface area contributed by atoms with E-state index in [9.17, 15) is 9.90 Å². The van der Waals surface area contributed by atoms with Gasteiger partial charge in [-0.1, -0.05) is 0 Å². The molecule has 2 aromatic rings. The third-order valence-corrected chi connectivity index (χ3v) is 2.40. The molecule has 2 rings (SSSR count). The minimum absolute atomic E-state index is 0.150. The smallest absolute Gasteiger partial charge is 0.339 e. The summed E-state index contributed by atoms with van der Waals surface area (Å²) >= 11 is 0. The number of carboxylic acids is 1. The highest BCUT2D eigenvalue weighted by Gasteiger charge is 2.14. The maximum Gasteiger partial charge on any atom is 0.339 e. The zero-order chi connectivity index (χ0) is 12.6. The van der Waals surface area contributed by atoms with E-state index in [1.54, 1.807) is 19.9 Å². The van der Waals surface area contributed by atoms with Gasteiger partial charge in [0.1, 0.15) is 22.8 Å². The highest BCUT2D eigenvalue weighted by molar-refractivity contribution is 5.92. The van der Waals surface area contributed by atoms with E-state index in [1.165, 1.54) is 12.1 Å². The van der Waals surface area contributed by atoms with Crippen molar-refractivity contribution in [2.24, 2.45) is 0 Å². The zero-order valence-electron chi connectivity index (χ0n) is 9.39. The zero-order valence-corrected chi connectivity index (χ0v) is 9.39. The summed E-state index contributed by atoms with van der Waals surface area (Å²) in [6.45, 7) is 3.47. The van der Waals surface area contributed by atoms with Gasteiger partial charge in [-0.05, 0) is 25.1 Å². The highest BCUT2D eigenvalue weighted by atomic mass is 16.4. The van der Waals surface area contributed by atoms with Crippen LogP contribution in [-0.4, -0.2) is 21.2 Å². The van der Waals surface area contributed by atoms with E-state index in [4.69, 9.17) is 9.52 Å². The molecule has 0 fully saturated rings. The first kappa shape index (κ1) is 11.2. The number of rotatable bonds is 2. The Morgan fingerprint density at radius 3 is 2.59 bits per heavy atom. The fraction of sp³-hybridized carbons (Fsp3) is 0.167. The molecule has 2 N–H and O–H groups in total. The number of oxazole rings is 1.